The molecular weight excluding hydrogens is 442 g/mol. The molecule has 0 bridgehead atoms. The summed E-state index contributed by atoms with van der Waals surface area (Å²) in [4.78, 5) is 52.6. The van der Waals surface area contributed by atoms with Crippen LogP contribution in [0.1, 0.15) is 32.8 Å². The Morgan fingerprint density at radius 1 is 1.03 bits per heavy atom. The maximum absolute atomic E-state index is 13.2. The number of carboxylic acids is 1. The van der Waals surface area contributed by atoms with Crippen molar-refractivity contribution in [1.29, 1.82) is 0 Å². The molecule has 0 radical (unpaired) electrons. The molecule has 3 amide bonds. The summed E-state index contributed by atoms with van der Waals surface area (Å²) in [5.74, 6) is -3.67. The molecule has 0 fully saturated rings. The number of fused-ring (bicyclic) bond motifs is 1. The van der Waals surface area contributed by atoms with Crippen LogP contribution in [-0.4, -0.2) is 69.7 Å². The highest BCUT2D eigenvalue weighted by atomic mass is 16.4. The lowest BCUT2D eigenvalue weighted by molar-refractivity contribution is -0.144. The van der Waals surface area contributed by atoms with Crippen LogP contribution in [0.15, 0.2) is 30.5 Å². The van der Waals surface area contributed by atoms with E-state index in [1.165, 1.54) is 6.92 Å². The van der Waals surface area contributed by atoms with Crippen LogP contribution in [0, 0.1) is 5.92 Å². The fraction of sp³-hybridized carbons (Fsp3) is 0.478. The van der Waals surface area contributed by atoms with E-state index in [0.29, 0.717) is 6.42 Å². The number of aliphatic hydroxyl groups is 1. The zero-order chi connectivity index (χ0) is 25.4. The Morgan fingerprint density at radius 2 is 1.71 bits per heavy atom. The van der Waals surface area contributed by atoms with E-state index in [9.17, 15) is 29.4 Å². The van der Waals surface area contributed by atoms with Gasteiger partial charge in [-0.15, -0.1) is 0 Å². The van der Waals surface area contributed by atoms with Crippen LogP contribution >= 0.6 is 0 Å². The third-order valence-electron chi connectivity index (χ3n) is 5.78. The van der Waals surface area contributed by atoms with Crippen LogP contribution in [0.3, 0.4) is 0 Å². The molecule has 0 spiro atoms. The van der Waals surface area contributed by atoms with Crippen molar-refractivity contribution in [2.75, 3.05) is 6.54 Å². The molecule has 0 aliphatic rings. The van der Waals surface area contributed by atoms with Gasteiger partial charge >= 0.3 is 5.97 Å². The molecule has 11 nitrogen and oxygen atoms in total. The van der Waals surface area contributed by atoms with Gasteiger partial charge in [0.25, 0.3) is 0 Å². The van der Waals surface area contributed by atoms with E-state index in [1.54, 1.807) is 13.1 Å². The molecule has 8 N–H and O–H groups in total. The van der Waals surface area contributed by atoms with Crippen LogP contribution in [0.25, 0.3) is 10.9 Å². The number of carbonyl (C=O) groups excluding carboxylic acids is 3. The minimum Gasteiger partial charge on any atom is -0.480 e. The van der Waals surface area contributed by atoms with E-state index in [4.69, 9.17) is 5.73 Å². The van der Waals surface area contributed by atoms with Crippen LogP contribution in [0.2, 0.25) is 0 Å². The van der Waals surface area contributed by atoms with Crippen molar-refractivity contribution in [3.63, 3.8) is 0 Å². The number of amides is 3. The van der Waals surface area contributed by atoms with Gasteiger partial charge < -0.3 is 36.9 Å². The second kappa shape index (κ2) is 12.1. The third-order valence-corrected chi connectivity index (χ3v) is 5.78. The number of H-pyrrole nitrogens is 1. The van der Waals surface area contributed by atoms with Crippen molar-refractivity contribution in [3.05, 3.63) is 36.0 Å². The van der Waals surface area contributed by atoms with Gasteiger partial charge in [0, 0.05) is 23.5 Å². The topological polar surface area (TPSA) is 187 Å². The molecule has 0 saturated carbocycles. The first-order chi connectivity index (χ1) is 16.1. The molecule has 34 heavy (non-hydrogen) atoms. The molecule has 186 valence electrons. The number of nitrogens with two attached hydrogens (primary N) is 1. The van der Waals surface area contributed by atoms with Gasteiger partial charge in [0.05, 0.1) is 12.6 Å². The number of benzene rings is 1. The van der Waals surface area contributed by atoms with E-state index >= 15 is 0 Å². The number of para-hydroxylation sites is 1. The number of carboxylic acid groups (broad SMARTS) is 1. The van der Waals surface area contributed by atoms with Gasteiger partial charge in [-0.3, -0.25) is 14.4 Å². The lowest BCUT2D eigenvalue weighted by Crippen LogP contribution is -2.59. The van der Waals surface area contributed by atoms with Crippen molar-refractivity contribution in [3.8, 4) is 0 Å². The molecule has 2 rings (SSSR count). The van der Waals surface area contributed by atoms with Gasteiger partial charge in [-0.05, 0) is 24.5 Å². The molecule has 1 heterocycles. The number of aliphatic carboxylic acids is 1. The summed E-state index contributed by atoms with van der Waals surface area (Å²) >= 11 is 0. The Labute approximate surface area is 197 Å². The molecule has 1 aromatic heterocycles. The van der Waals surface area contributed by atoms with Gasteiger partial charge in [-0.25, -0.2) is 4.79 Å². The van der Waals surface area contributed by atoms with E-state index in [2.05, 4.69) is 20.9 Å². The van der Waals surface area contributed by atoms with Crippen LogP contribution in [0.5, 0.6) is 0 Å². The van der Waals surface area contributed by atoms with Crippen molar-refractivity contribution < 1.29 is 29.4 Å². The number of hydrogen-bond acceptors (Lipinski definition) is 6. The van der Waals surface area contributed by atoms with Crippen LogP contribution < -0.4 is 21.7 Å². The summed E-state index contributed by atoms with van der Waals surface area (Å²) < 4.78 is 0. The summed E-state index contributed by atoms with van der Waals surface area (Å²) in [7, 11) is 0. The predicted octanol–water partition coefficient (Wildman–Crippen LogP) is -0.365. The number of aliphatic hydroxyl groups excluding tert-OH is 1. The van der Waals surface area contributed by atoms with E-state index in [0.717, 1.165) is 16.5 Å². The lowest BCUT2D eigenvalue weighted by atomic mass is 9.98. The summed E-state index contributed by atoms with van der Waals surface area (Å²) in [5, 5.41) is 27.8. The average molecular weight is 476 g/mol. The fourth-order valence-corrected chi connectivity index (χ4v) is 3.57. The molecular formula is C23H33N5O6. The maximum Gasteiger partial charge on any atom is 0.326 e. The second-order valence-electron chi connectivity index (χ2n) is 8.32. The number of rotatable bonds is 12. The number of aromatic nitrogens is 1. The molecule has 11 heteroatoms. The Kier molecular flexibility index (Phi) is 9.58. The largest absolute Gasteiger partial charge is 0.480 e. The SMILES string of the molecule is CC[C@H](C)[C@H](NC(=O)[C@H](Cc1c[nH]c2ccccc12)NC(=O)[C@@H](NC(=O)CN)[C@@H](C)O)C(=O)O. The number of carbonyl (C=O) groups is 4. The summed E-state index contributed by atoms with van der Waals surface area (Å²) in [6, 6.07) is 3.74. The van der Waals surface area contributed by atoms with Crippen LogP contribution in [-0.2, 0) is 25.6 Å². The van der Waals surface area contributed by atoms with Crippen molar-refractivity contribution in [2.24, 2.45) is 11.7 Å². The number of nitrogens with one attached hydrogen (secondary N) is 4. The quantitative estimate of drug-likeness (QED) is 0.218. The minimum atomic E-state index is -1.35. The Bertz CT molecular complexity index is 1020. The molecule has 0 aliphatic heterocycles. The van der Waals surface area contributed by atoms with Gasteiger partial charge in [-0.2, -0.15) is 0 Å². The first-order valence-electron chi connectivity index (χ1n) is 11.1. The summed E-state index contributed by atoms with van der Waals surface area (Å²) in [6.07, 6.45) is 1.01. The van der Waals surface area contributed by atoms with Crippen molar-refractivity contribution >= 4 is 34.6 Å². The Morgan fingerprint density at radius 3 is 2.29 bits per heavy atom. The monoisotopic (exact) mass is 475 g/mol. The molecule has 2 aromatic rings. The third kappa shape index (κ3) is 6.78. The standard InChI is InChI=1S/C23H33N5O6/c1-4-12(2)19(23(33)34)28-21(31)17(9-14-11-25-16-8-6-5-7-15(14)16)26-22(32)20(13(3)29)27-18(30)10-24/h5-8,11-13,17,19-20,25,29H,4,9-10,24H2,1-3H3,(H,26,32)(H,27,30)(H,28,31)(H,33,34)/t12-,13+,17-,19-,20-/m0/s1. The molecule has 0 saturated heterocycles. The predicted molar refractivity (Wildman–Crippen MR) is 126 cm³/mol. The summed E-state index contributed by atoms with van der Waals surface area (Å²) in [6.45, 7) is 4.45. The van der Waals surface area contributed by atoms with Gasteiger partial charge in [-0.1, -0.05) is 38.5 Å². The van der Waals surface area contributed by atoms with Crippen LogP contribution in [0.4, 0.5) is 0 Å². The Balaban J connectivity index is 2.33. The lowest BCUT2D eigenvalue weighted by Gasteiger charge is -2.27. The normalized spacial score (nSPS) is 15.6. The molecule has 0 aliphatic carbocycles. The van der Waals surface area contributed by atoms with Crippen molar-refractivity contribution in [1.82, 2.24) is 20.9 Å². The first kappa shape index (κ1) is 26.8. The highest BCUT2D eigenvalue weighted by molar-refractivity contribution is 5.94. The summed E-state index contributed by atoms with van der Waals surface area (Å²) in [5.41, 5.74) is 6.85. The zero-order valence-corrected chi connectivity index (χ0v) is 19.5. The highest BCUT2D eigenvalue weighted by Gasteiger charge is 2.33. The van der Waals surface area contributed by atoms with E-state index in [-0.39, 0.29) is 18.9 Å². The van der Waals surface area contributed by atoms with E-state index in [1.807, 2.05) is 31.2 Å². The van der Waals surface area contributed by atoms with Gasteiger partial charge in [0.15, 0.2) is 0 Å². The first-order valence-corrected chi connectivity index (χ1v) is 11.1. The smallest absolute Gasteiger partial charge is 0.326 e. The minimum absolute atomic E-state index is 0.0474. The molecule has 0 unspecified atom stereocenters. The van der Waals surface area contributed by atoms with E-state index < -0.39 is 47.9 Å². The zero-order valence-electron chi connectivity index (χ0n) is 19.5. The molecule has 1 aromatic carbocycles. The highest BCUT2D eigenvalue weighted by Crippen LogP contribution is 2.19. The molecule has 5 atom stereocenters. The number of hydrogen-bond donors (Lipinski definition) is 7. The second-order valence-corrected chi connectivity index (χ2v) is 8.32. The number of aromatic amines is 1. The van der Waals surface area contributed by atoms with Gasteiger partial charge in [0.1, 0.15) is 18.1 Å². The average Bonchev–Trinajstić information content (AvgIpc) is 3.21. The van der Waals surface area contributed by atoms with Gasteiger partial charge in [0.2, 0.25) is 17.7 Å². The fourth-order valence-electron chi connectivity index (χ4n) is 3.57. The Hall–Kier alpha value is -3.44. The maximum atomic E-state index is 13.2. The van der Waals surface area contributed by atoms with Crippen molar-refractivity contribution in [2.45, 2.75) is 57.8 Å².